The predicted octanol–water partition coefficient (Wildman–Crippen LogP) is 0.278. The fourth-order valence-corrected chi connectivity index (χ4v) is 3.58. The Morgan fingerprint density at radius 3 is 2.95 bits per heavy atom. The lowest BCUT2D eigenvalue weighted by Gasteiger charge is -2.34. The van der Waals surface area contributed by atoms with Crippen molar-refractivity contribution in [1.82, 2.24) is 15.2 Å². The Morgan fingerprint density at radius 2 is 2.09 bits per heavy atom. The molecule has 6 nitrogen and oxygen atoms in total. The Morgan fingerprint density at radius 1 is 1.23 bits per heavy atom. The molecule has 4 heterocycles. The Labute approximate surface area is 130 Å². The number of carbonyl (C=O) groups excluding carboxylic acids is 1. The van der Waals surface area contributed by atoms with Crippen molar-refractivity contribution in [3.05, 3.63) is 23.4 Å². The molecule has 118 valence electrons. The van der Waals surface area contributed by atoms with E-state index in [1.807, 2.05) is 4.90 Å². The van der Waals surface area contributed by atoms with Gasteiger partial charge in [0.25, 0.3) is 5.91 Å². The lowest BCUT2D eigenvalue weighted by atomic mass is 10.1. The number of aromatic nitrogens is 1. The number of nitrogens with zero attached hydrogens (tertiary/aromatic N) is 3. The van der Waals surface area contributed by atoms with E-state index >= 15 is 0 Å². The second kappa shape index (κ2) is 5.85. The summed E-state index contributed by atoms with van der Waals surface area (Å²) in [7, 11) is 0. The molecule has 1 atom stereocenters. The van der Waals surface area contributed by atoms with Crippen LogP contribution in [0.1, 0.15) is 22.5 Å². The molecule has 4 rings (SSSR count). The standard InChI is InChI=1S/C16H22N4O2/c21-16-15-12(1-3-13-11-17-5-6-20(13)16)2-4-14(18-15)19-7-9-22-10-8-19/h2,4,13,17H,1,3,5-11H2. The smallest absolute Gasteiger partial charge is 0.273 e. The number of carbonyl (C=O) groups is 1. The number of hydrogen-bond donors (Lipinski definition) is 1. The molecule has 0 aliphatic carbocycles. The molecule has 1 N–H and O–H groups in total. The van der Waals surface area contributed by atoms with Gasteiger partial charge in [0.15, 0.2) is 0 Å². The zero-order chi connectivity index (χ0) is 14.9. The number of anilines is 1. The molecule has 0 bridgehead atoms. The van der Waals surface area contributed by atoms with Gasteiger partial charge in [0.1, 0.15) is 11.5 Å². The molecule has 2 fully saturated rings. The van der Waals surface area contributed by atoms with Gasteiger partial charge in [-0.2, -0.15) is 0 Å². The molecule has 0 saturated carbocycles. The maximum absolute atomic E-state index is 12.9. The maximum Gasteiger partial charge on any atom is 0.273 e. The number of amides is 1. The highest BCUT2D eigenvalue weighted by Gasteiger charge is 2.32. The minimum Gasteiger partial charge on any atom is -0.378 e. The van der Waals surface area contributed by atoms with Crippen molar-refractivity contribution < 1.29 is 9.53 Å². The first-order chi connectivity index (χ1) is 10.8. The zero-order valence-electron chi connectivity index (χ0n) is 12.8. The van der Waals surface area contributed by atoms with Gasteiger partial charge in [0.2, 0.25) is 0 Å². The largest absolute Gasteiger partial charge is 0.378 e. The van der Waals surface area contributed by atoms with Crippen LogP contribution in [0.3, 0.4) is 0 Å². The summed E-state index contributed by atoms with van der Waals surface area (Å²) < 4.78 is 5.39. The second-order valence-corrected chi connectivity index (χ2v) is 6.17. The number of rotatable bonds is 1. The van der Waals surface area contributed by atoms with Crippen molar-refractivity contribution in [2.45, 2.75) is 18.9 Å². The maximum atomic E-state index is 12.9. The van der Waals surface area contributed by atoms with E-state index in [0.717, 1.165) is 70.2 Å². The van der Waals surface area contributed by atoms with Gasteiger partial charge in [0, 0.05) is 38.8 Å². The lowest BCUT2D eigenvalue weighted by Crippen LogP contribution is -2.53. The van der Waals surface area contributed by atoms with Gasteiger partial charge >= 0.3 is 0 Å². The highest BCUT2D eigenvalue weighted by molar-refractivity contribution is 5.95. The van der Waals surface area contributed by atoms with Crippen molar-refractivity contribution in [1.29, 1.82) is 0 Å². The third-order valence-corrected chi connectivity index (χ3v) is 4.86. The van der Waals surface area contributed by atoms with Gasteiger partial charge in [0.05, 0.1) is 13.2 Å². The van der Waals surface area contributed by atoms with E-state index in [4.69, 9.17) is 9.72 Å². The Balaban J connectivity index is 1.65. The normalized spacial score (nSPS) is 25.5. The molecule has 3 aliphatic rings. The van der Waals surface area contributed by atoms with Gasteiger partial charge in [-0.1, -0.05) is 6.07 Å². The van der Waals surface area contributed by atoms with E-state index in [9.17, 15) is 4.79 Å². The van der Waals surface area contributed by atoms with Crippen LogP contribution in [0, 0.1) is 0 Å². The van der Waals surface area contributed by atoms with Gasteiger partial charge in [-0.3, -0.25) is 4.79 Å². The molecule has 2 saturated heterocycles. The number of fused-ring (bicyclic) bond motifs is 2. The quantitative estimate of drug-likeness (QED) is 0.807. The minimum absolute atomic E-state index is 0.106. The highest BCUT2D eigenvalue weighted by atomic mass is 16.5. The first-order valence-corrected chi connectivity index (χ1v) is 8.17. The van der Waals surface area contributed by atoms with Crippen LogP contribution < -0.4 is 10.2 Å². The van der Waals surface area contributed by atoms with Crippen LogP contribution in [0.2, 0.25) is 0 Å². The second-order valence-electron chi connectivity index (χ2n) is 6.17. The summed E-state index contributed by atoms with van der Waals surface area (Å²) in [6.07, 6.45) is 1.95. The number of pyridine rings is 1. The monoisotopic (exact) mass is 302 g/mol. The fraction of sp³-hybridized carbons (Fsp3) is 0.625. The van der Waals surface area contributed by atoms with Crippen LogP contribution in [0.15, 0.2) is 12.1 Å². The van der Waals surface area contributed by atoms with Crippen molar-refractivity contribution in [2.24, 2.45) is 0 Å². The Kier molecular flexibility index (Phi) is 3.72. The average Bonchev–Trinajstić information content (AvgIpc) is 2.73. The lowest BCUT2D eigenvalue weighted by molar-refractivity contribution is 0.0633. The van der Waals surface area contributed by atoms with E-state index < -0.39 is 0 Å². The van der Waals surface area contributed by atoms with E-state index in [-0.39, 0.29) is 5.91 Å². The Hall–Kier alpha value is -1.66. The fourth-order valence-electron chi connectivity index (χ4n) is 3.58. The van der Waals surface area contributed by atoms with Crippen molar-refractivity contribution in [3.63, 3.8) is 0 Å². The molecule has 1 amide bonds. The summed E-state index contributed by atoms with van der Waals surface area (Å²) >= 11 is 0. The SMILES string of the molecule is O=C1c2nc(N3CCOCC3)ccc2CCC2CNCCN12. The average molecular weight is 302 g/mol. The van der Waals surface area contributed by atoms with Crippen LogP contribution in [0.4, 0.5) is 5.82 Å². The summed E-state index contributed by atoms with van der Waals surface area (Å²) in [5.74, 6) is 1.01. The number of nitrogens with one attached hydrogen (secondary N) is 1. The third-order valence-electron chi connectivity index (χ3n) is 4.86. The van der Waals surface area contributed by atoms with E-state index in [2.05, 4.69) is 22.3 Å². The molecule has 6 heteroatoms. The molecule has 0 radical (unpaired) electrons. The third kappa shape index (κ3) is 2.46. The van der Waals surface area contributed by atoms with Crippen molar-refractivity contribution in [3.8, 4) is 0 Å². The molecule has 0 aromatic carbocycles. The summed E-state index contributed by atoms with van der Waals surface area (Å²) in [6, 6.07) is 4.46. The highest BCUT2D eigenvalue weighted by Crippen LogP contribution is 2.25. The molecule has 1 aromatic heterocycles. The van der Waals surface area contributed by atoms with Gasteiger partial charge in [-0.05, 0) is 24.5 Å². The zero-order valence-corrected chi connectivity index (χ0v) is 12.8. The van der Waals surface area contributed by atoms with Crippen molar-refractivity contribution >= 4 is 11.7 Å². The molecule has 22 heavy (non-hydrogen) atoms. The van der Waals surface area contributed by atoms with Crippen LogP contribution in [-0.4, -0.2) is 67.8 Å². The van der Waals surface area contributed by atoms with E-state index in [1.54, 1.807) is 0 Å². The number of hydrogen-bond acceptors (Lipinski definition) is 5. The van der Waals surface area contributed by atoms with E-state index in [1.165, 1.54) is 0 Å². The van der Waals surface area contributed by atoms with E-state index in [0.29, 0.717) is 11.7 Å². The van der Waals surface area contributed by atoms with Crippen LogP contribution >= 0.6 is 0 Å². The number of morpholine rings is 1. The molecule has 1 unspecified atom stereocenters. The summed E-state index contributed by atoms with van der Waals surface area (Å²) in [4.78, 5) is 21.8. The van der Waals surface area contributed by atoms with Crippen LogP contribution in [-0.2, 0) is 11.2 Å². The van der Waals surface area contributed by atoms with Crippen molar-refractivity contribution in [2.75, 3.05) is 50.8 Å². The summed E-state index contributed by atoms with van der Waals surface area (Å²) in [6.45, 7) is 5.70. The Bertz CT molecular complexity index is 571. The molecule has 0 spiro atoms. The van der Waals surface area contributed by atoms with Crippen LogP contribution in [0.25, 0.3) is 0 Å². The minimum atomic E-state index is 0.106. The number of piperazine rings is 1. The number of ether oxygens (including phenoxy) is 1. The first-order valence-electron chi connectivity index (χ1n) is 8.17. The topological polar surface area (TPSA) is 57.7 Å². The van der Waals surface area contributed by atoms with Gasteiger partial charge in [-0.15, -0.1) is 0 Å². The summed E-state index contributed by atoms with van der Waals surface area (Å²) in [5, 5.41) is 3.39. The van der Waals surface area contributed by atoms with Crippen LogP contribution in [0.5, 0.6) is 0 Å². The molecular weight excluding hydrogens is 280 g/mol. The van der Waals surface area contributed by atoms with Gasteiger partial charge < -0.3 is 19.9 Å². The summed E-state index contributed by atoms with van der Waals surface area (Å²) in [5.41, 5.74) is 1.75. The first kappa shape index (κ1) is 14.0. The molecular formula is C16H22N4O2. The molecule has 3 aliphatic heterocycles. The van der Waals surface area contributed by atoms with Gasteiger partial charge in [-0.25, -0.2) is 4.98 Å². The molecule has 1 aromatic rings. The predicted molar refractivity (Wildman–Crippen MR) is 83.3 cm³/mol. The number of aryl methyl sites for hydroxylation is 1.